The van der Waals surface area contributed by atoms with E-state index < -0.39 is 10.0 Å². The summed E-state index contributed by atoms with van der Waals surface area (Å²) in [7, 11) is -1.82. The molecule has 9 heteroatoms. The van der Waals surface area contributed by atoms with Gasteiger partial charge in [-0.2, -0.15) is 9.82 Å². The van der Waals surface area contributed by atoms with E-state index in [1.54, 1.807) is 6.20 Å². The monoisotopic (exact) mass is 353 g/mol. The minimum Gasteiger partial charge on any atom is -0.381 e. The van der Waals surface area contributed by atoms with Crippen molar-refractivity contribution in [1.29, 1.82) is 0 Å². The fourth-order valence-electron chi connectivity index (χ4n) is 3.10. The number of ether oxygens (including phenoxy) is 1. The summed E-state index contributed by atoms with van der Waals surface area (Å²) >= 11 is 0. The van der Waals surface area contributed by atoms with Gasteiger partial charge in [0.1, 0.15) is 5.82 Å². The number of hydrogen-bond donors (Lipinski definition) is 1. The molecule has 1 aliphatic heterocycles. The van der Waals surface area contributed by atoms with Crippen LogP contribution in [0.2, 0.25) is 0 Å². The third-order valence-corrected chi connectivity index (χ3v) is 5.87. The highest BCUT2D eigenvalue weighted by molar-refractivity contribution is 7.89. The van der Waals surface area contributed by atoms with Crippen LogP contribution < -0.4 is 4.72 Å². The van der Waals surface area contributed by atoms with E-state index in [0.717, 1.165) is 12.8 Å². The van der Waals surface area contributed by atoms with Crippen LogP contribution in [0.5, 0.6) is 0 Å². The second kappa shape index (κ2) is 7.04. The Labute approximate surface area is 141 Å². The number of aromatic nitrogens is 4. The van der Waals surface area contributed by atoms with Crippen LogP contribution in [-0.2, 0) is 28.4 Å². The van der Waals surface area contributed by atoms with E-state index in [1.807, 2.05) is 24.7 Å². The molecule has 1 unspecified atom stereocenters. The van der Waals surface area contributed by atoms with Crippen LogP contribution in [0.4, 0.5) is 0 Å². The number of nitrogens with one attached hydrogen (secondary N) is 1. The summed E-state index contributed by atoms with van der Waals surface area (Å²) in [5.74, 6) is 0.862. The van der Waals surface area contributed by atoms with Crippen molar-refractivity contribution in [1.82, 2.24) is 24.1 Å². The first-order valence-corrected chi connectivity index (χ1v) is 9.60. The molecule has 0 saturated carbocycles. The van der Waals surface area contributed by atoms with Crippen LogP contribution in [0, 0.1) is 5.92 Å². The number of aryl methyl sites for hydroxylation is 2. The average Bonchev–Trinajstić information content (AvgIpc) is 3.22. The molecule has 1 atom stereocenters. The molecule has 2 aromatic heterocycles. The van der Waals surface area contributed by atoms with E-state index in [1.165, 1.54) is 16.9 Å². The number of hydrogen-bond acceptors (Lipinski definition) is 5. The predicted octanol–water partition coefficient (Wildman–Crippen LogP) is 1.08. The van der Waals surface area contributed by atoms with Crippen LogP contribution in [0.25, 0.3) is 0 Å². The topological polar surface area (TPSA) is 91.0 Å². The molecule has 1 N–H and O–H groups in total. The molecule has 8 nitrogen and oxygen atoms in total. The zero-order chi connectivity index (χ0) is 17.2. The van der Waals surface area contributed by atoms with Gasteiger partial charge < -0.3 is 9.30 Å². The van der Waals surface area contributed by atoms with Crippen molar-refractivity contribution in [3.05, 3.63) is 30.5 Å². The summed E-state index contributed by atoms with van der Waals surface area (Å²) in [5.41, 5.74) is 0. The van der Waals surface area contributed by atoms with Crippen molar-refractivity contribution in [2.75, 3.05) is 13.2 Å². The lowest BCUT2D eigenvalue weighted by molar-refractivity contribution is 0.0551. The summed E-state index contributed by atoms with van der Waals surface area (Å²) in [6.45, 7) is 3.63. The third kappa shape index (κ3) is 3.38. The Morgan fingerprint density at radius 1 is 1.38 bits per heavy atom. The fraction of sp³-hybridized carbons (Fsp3) is 0.600. The minimum atomic E-state index is -3.69. The van der Waals surface area contributed by atoms with E-state index >= 15 is 0 Å². The summed E-state index contributed by atoms with van der Waals surface area (Å²) in [4.78, 5) is 4.37. The molecule has 1 fully saturated rings. The molecule has 3 heterocycles. The molecule has 0 aliphatic carbocycles. The SMILES string of the molecule is CCn1nccc1S(=O)(=O)NC(c1nccn1C)C1CCOCC1. The first-order chi connectivity index (χ1) is 11.5. The Hall–Kier alpha value is -1.71. The maximum Gasteiger partial charge on any atom is 0.258 e. The molecule has 3 rings (SSSR count). The molecule has 0 amide bonds. The van der Waals surface area contributed by atoms with Gasteiger partial charge in [0.05, 0.1) is 12.2 Å². The molecule has 132 valence electrons. The van der Waals surface area contributed by atoms with Crippen LogP contribution in [0.1, 0.15) is 31.6 Å². The Bertz CT molecular complexity index is 777. The minimum absolute atomic E-state index is 0.146. The second-order valence-electron chi connectivity index (χ2n) is 5.93. The van der Waals surface area contributed by atoms with Crippen molar-refractivity contribution in [2.45, 2.75) is 37.4 Å². The van der Waals surface area contributed by atoms with Crippen molar-refractivity contribution in [3.63, 3.8) is 0 Å². The van der Waals surface area contributed by atoms with Gasteiger partial charge in [-0.3, -0.25) is 4.68 Å². The standard InChI is InChI=1S/C15H23N5O3S/c1-3-20-13(4-7-17-20)24(21,22)18-14(12-5-10-23-11-6-12)15-16-8-9-19(15)2/h4,7-9,12,14,18H,3,5-6,10-11H2,1-2H3. The summed E-state index contributed by atoms with van der Waals surface area (Å²) < 4.78 is 37.4. The second-order valence-corrected chi connectivity index (χ2v) is 7.59. The summed E-state index contributed by atoms with van der Waals surface area (Å²) in [6, 6.07) is 1.13. The molecule has 0 spiro atoms. The van der Waals surface area contributed by atoms with Gasteiger partial charge in [-0.25, -0.2) is 13.4 Å². The van der Waals surface area contributed by atoms with Gasteiger partial charge in [0.15, 0.2) is 5.03 Å². The zero-order valence-electron chi connectivity index (χ0n) is 13.9. The lowest BCUT2D eigenvalue weighted by Crippen LogP contribution is -2.38. The summed E-state index contributed by atoms with van der Waals surface area (Å²) in [6.07, 6.45) is 6.61. The van der Waals surface area contributed by atoms with Crippen molar-refractivity contribution >= 4 is 10.0 Å². The maximum absolute atomic E-state index is 12.9. The molecule has 0 bridgehead atoms. The van der Waals surface area contributed by atoms with Crippen LogP contribution in [0.3, 0.4) is 0 Å². The molecular formula is C15H23N5O3S. The fourth-order valence-corrected chi connectivity index (χ4v) is 4.55. The normalized spacial score (nSPS) is 17.9. The summed E-state index contributed by atoms with van der Waals surface area (Å²) in [5, 5.41) is 4.23. The number of imidazole rings is 1. The first-order valence-electron chi connectivity index (χ1n) is 8.12. The van der Waals surface area contributed by atoms with Crippen LogP contribution >= 0.6 is 0 Å². The van der Waals surface area contributed by atoms with E-state index in [4.69, 9.17) is 4.74 Å². The van der Waals surface area contributed by atoms with E-state index in [0.29, 0.717) is 25.6 Å². The van der Waals surface area contributed by atoms with Crippen molar-refractivity contribution < 1.29 is 13.2 Å². The highest BCUT2D eigenvalue weighted by Crippen LogP contribution is 2.30. The van der Waals surface area contributed by atoms with Gasteiger partial charge >= 0.3 is 0 Å². The Balaban J connectivity index is 1.93. The Morgan fingerprint density at radius 3 is 2.75 bits per heavy atom. The Kier molecular flexibility index (Phi) is 5.02. The van der Waals surface area contributed by atoms with Gasteiger partial charge in [-0.15, -0.1) is 0 Å². The Morgan fingerprint density at radius 2 is 2.12 bits per heavy atom. The van der Waals surface area contributed by atoms with Gasteiger partial charge in [0, 0.05) is 39.2 Å². The molecular weight excluding hydrogens is 330 g/mol. The van der Waals surface area contributed by atoms with E-state index in [-0.39, 0.29) is 17.0 Å². The lowest BCUT2D eigenvalue weighted by atomic mass is 9.92. The highest BCUT2D eigenvalue weighted by Gasteiger charge is 2.33. The van der Waals surface area contributed by atoms with Gasteiger partial charge in [0.25, 0.3) is 10.0 Å². The van der Waals surface area contributed by atoms with Crippen LogP contribution in [-0.4, -0.2) is 41.0 Å². The first kappa shape index (κ1) is 17.1. The average molecular weight is 353 g/mol. The predicted molar refractivity (Wildman–Crippen MR) is 87.7 cm³/mol. The highest BCUT2D eigenvalue weighted by atomic mass is 32.2. The maximum atomic E-state index is 12.9. The number of nitrogens with zero attached hydrogens (tertiary/aromatic N) is 4. The van der Waals surface area contributed by atoms with Crippen molar-refractivity contribution in [2.24, 2.45) is 13.0 Å². The molecule has 2 aromatic rings. The molecule has 1 aliphatic rings. The molecule has 24 heavy (non-hydrogen) atoms. The van der Waals surface area contributed by atoms with E-state index in [9.17, 15) is 8.42 Å². The number of sulfonamides is 1. The zero-order valence-corrected chi connectivity index (χ0v) is 14.7. The smallest absolute Gasteiger partial charge is 0.258 e. The van der Waals surface area contributed by atoms with E-state index in [2.05, 4.69) is 14.8 Å². The van der Waals surface area contributed by atoms with Gasteiger partial charge in [0.2, 0.25) is 0 Å². The molecule has 0 radical (unpaired) electrons. The lowest BCUT2D eigenvalue weighted by Gasteiger charge is -2.30. The molecule has 0 aromatic carbocycles. The third-order valence-electron chi connectivity index (χ3n) is 4.41. The molecule has 1 saturated heterocycles. The number of rotatable bonds is 6. The van der Waals surface area contributed by atoms with Crippen LogP contribution in [0.15, 0.2) is 29.7 Å². The largest absolute Gasteiger partial charge is 0.381 e. The van der Waals surface area contributed by atoms with Crippen molar-refractivity contribution in [3.8, 4) is 0 Å². The van der Waals surface area contributed by atoms with Gasteiger partial charge in [-0.1, -0.05) is 0 Å². The van der Waals surface area contributed by atoms with Gasteiger partial charge in [-0.05, 0) is 31.7 Å². The quantitative estimate of drug-likeness (QED) is 0.839.